The number of methoxy groups -OCH3 is 2. The van der Waals surface area contributed by atoms with Crippen LogP contribution in [-0.2, 0) is 23.8 Å². The molecular weight excluding hydrogens is 494 g/mol. The third-order valence-corrected chi connectivity index (χ3v) is 7.84. The Morgan fingerprint density at radius 1 is 0.914 bits per heavy atom. The van der Waals surface area contributed by atoms with Gasteiger partial charge in [0.2, 0.25) is 0 Å². The van der Waals surface area contributed by atoms with Crippen molar-refractivity contribution in [2.75, 3.05) is 44.3 Å². The minimum absolute atomic E-state index is 0.0198. The lowest BCUT2D eigenvalue weighted by molar-refractivity contribution is -0.149. The minimum Gasteiger partial charge on any atom is -0.482 e. The van der Waals surface area contributed by atoms with Crippen LogP contribution in [0.1, 0.15) is 37.3 Å². The van der Waals surface area contributed by atoms with Crippen LogP contribution >= 0.6 is 23.5 Å². The van der Waals surface area contributed by atoms with Gasteiger partial charge in [-0.1, -0.05) is 12.1 Å². The van der Waals surface area contributed by atoms with Crippen molar-refractivity contribution in [3.05, 3.63) is 59.2 Å². The van der Waals surface area contributed by atoms with Gasteiger partial charge >= 0.3 is 17.9 Å². The largest absolute Gasteiger partial charge is 0.482 e. The second-order valence-corrected chi connectivity index (χ2v) is 9.96. The molecule has 2 aromatic carbocycles. The molecule has 0 unspecified atom stereocenters. The first kappa shape index (κ1) is 26.4. The maximum atomic E-state index is 12.3. The Labute approximate surface area is 211 Å². The van der Waals surface area contributed by atoms with Crippen LogP contribution in [0.2, 0.25) is 0 Å². The van der Waals surface area contributed by atoms with E-state index in [1.165, 1.54) is 44.4 Å². The molecule has 1 N–H and O–H groups in total. The molecule has 0 bridgehead atoms. The molecule has 35 heavy (non-hydrogen) atoms. The second-order valence-electron chi connectivity index (χ2n) is 7.24. The van der Waals surface area contributed by atoms with Crippen molar-refractivity contribution in [2.24, 2.45) is 0 Å². The van der Waals surface area contributed by atoms with E-state index in [1.54, 1.807) is 12.1 Å². The lowest BCUT2D eigenvalue weighted by Crippen LogP contribution is -2.24. The van der Waals surface area contributed by atoms with Gasteiger partial charge < -0.3 is 24.3 Å². The highest BCUT2D eigenvalue weighted by Crippen LogP contribution is 2.43. The van der Waals surface area contributed by atoms with Crippen LogP contribution in [0.3, 0.4) is 0 Å². The molecule has 0 aliphatic carbocycles. The Hall–Kier alpha value is -3.18. The van der Waals surface area contributed by atoms with Gasteiger partial charge in [0.15, 0.2) is 13.2 Å². The summed E-state index contributed by atoms with van der Waals surface area (Å²) in [6.07, 6.45) is 1.22. The van der Waals surface area contributed by atoms with E-state index in [4.69, 9.17) is 9.47 Å². The fourth-order valence-corrected chi connectivity index (χ4v) is 5.99. The zero-order valence-corrected chi connectivity index (χ0v) is 20.9. The van der Waals surface area contributed by atoms with Crippen molar-refractivity contribution in [1.29, 1.82) is 0 Å². The van der Waals surface area contributed by atoms with Gasteiger partial charge in [0.1, 0.15) is 5.75 Å². The van der Waals surface area contributed by atoms with E-state index in [-0.39, 0.29) is 23.4 Å². The van der Waals surface area contributed by atoms with Crippen LogP contribution in [0.15, 0.2) is 42.5 Å². The molecule has 3 rings (SSSR count). The number of hydrogen-bond acceptors (Lipinski definition) is 10. The van der Waals surface area contributed by atoms with Crippen LogP contribution in [-0.4, -0.2) is 62.8 Å². The van der Waals surface area contributed by atoms with E-state index in [2.05, 4.69) is 14.8 Å². The summed E-state index contributed by atoms with van der Waals surface area (Å²) in [4.78, 5) is 48.1. The van der Waals surface area contributed by atoms with Gasteiger partial charge in [0, 0.05) is 0 Å². The molecule has 1 amide bonds. The number of carbonyl (C=O) groups excluding carboxylic acids is 4. The second kappa shape index (κ2) is 13.1. The Balaban J connectivity index is 1.50. The Kier molecular flexibility index (Phi) is 9.86. The summed E-state index contributed by atoms with van der Waals surface area (Å²) >= 11 is 3.84. The lowest BCUT2D eigenvalue weighted by Gasteiger charge is -2.21. The summed E-state index contributed by atoms with van der Waals surface area (Å²) in [5.41, 5.74) is 1.37. The Morgan fingerprint density at radius 3 is 2.26 bits per heavy atom. The van der Waals surface area contributed by atoms with E-state index in [0.29, 0.717) is 10.3 Å². The molecule has 9 nitrogen and oxygen atoms in total. The molecule has 1 saturated heterocycles. The van der Waals surface area contributed by atoms with E-state index in [9.17, 15) is 19.2 Å². The van der Waals surface area contributed by atoms with Crippen LogP contribution < -0.4 is 10.1 Å². The van der Waals surface area contributed by atoms with Crippen molar-refractivity contribution in [1.82, 2.24) is 0 Å². The molecule has 11 heteroatoms. The first-order valence-electron chi connectivity index (χ1n) is 10.6. The quantitative estimate of drug-likeness (QED) is 0.388. The average molecular weight is 520 g/mol. The van der Waals surface area contributed by atoms with Crippen molar-refractivity contribution in [3.8, 4) is 5.75 Å². The Bertz CT molecular complexity index is 1070. The van der Waals surface area contributed by atoms with Gasteiger partial charge in [0.05, 0.1) is 35.6 Å². The fourth-order valence-electron chi connectivity index (χ4n) is 3.10. The van der Waals surface area contributed by atoms with Crippen molar-refractivity contribution < 1.29 is 38.1 Å². The van der Waals surface area contributed by atoms with Crippen LogP contribution in [0.25, 0.3) is 0 Å². The van der Waals surface area contributed by atoms with Crippen molar-refractivity contribution in [3.63, 3.8) is 0 Å². The number of rotatable bonds is 9. The van der Waals surface area contributed by atoms with Crippen molar-refractivity contribution >= 4 is 53.0 Å². The smallest absolute Gasteiger partial charge is 0.344 e. The number of esters is 3. The molecule has 1 fully saturated rings. The number of anilines is 1. The number of amides is 1. The SMILES string of the molecule is COC(=O)c1ccc(C(=O)OC)c(NC(=O)COC(=O)COc2ccc(C3SCCCS3)cc2)c1. The average Bonchev–Trinajstić information content (AvgIpc) is 2.90. The maximum Gasteiger partial charge on any atom is 0.344 e. The molecule has 186 valence electrons. The molecule has 0 atom stereocenters. The zero-order valence-electron chi connectivity index (χ0n) is 19.2. The highest BCUT2D eigenvalue weighted by atomic mass is 32.2. The predicted molar refractivity (Wildman–Crippen MR) is 133 cm³/mol. The molecule has 2 aromatic rings. The minimum atomic E-state index is -0.737. The molecule has 0 aromatic heterocycles. The summed E-state index contributed by atoms with van der Waals surface area (Å²) in [7, 11) is 2.39. The van der Waals surface area contributed by atoms with Gasteiger partial charge in [-0.05, 0) is 53.8 Å². The maximum absolute atomic E-state index is 12.3. The third-order valence-electron chi connectivity index (χ3n) is 4.82. The number of ether oxygens (including phenoxy) is 4. The third kappa shape index (κ3) is 7.66. The highest BCUT2D eigenvalue weighted by molar-refractivity contribution is 8.16. The fraction of sp³-hybridized carbons (Fsp3) is 0.333. The van der Waals surface area contributed by atoms with E-state index < -0.39 is 30.4 Å². The molecule has 0 radical (unpaired) electrons. The molecule has 1 aliphatic rings. The Morgan fingerprint density at radius 2 is 1.60 bits per heavy atom. The molecule has 1 heterocycles. The van der Waals surface area contributed by atoms with Gasteiger partial charge in [-0.25, -0.2) is 14.4 Å². The summed E-state index contributed by atoms with van der Waals surface area (Å²) in [5, 5.41) is 2.44. The summed E-state index contributed by atoms with van der Waals surface area (Å²) < 4.78 is 20.1. The normalized spacial score (nSPS) is 13.4. The van der Waals surface area contributed by atoms with E-state index in [0.717, 1.165) is 11.5 Å². The van der Waals surface area contributed by atoms with Gasteiger partial charge in [-0.15, -0.1) is 23.5 Å². The van der Waals surface area contributed by atoms with Gasteiger partial charge in [-0.3, -0.25) is 4.79 Å². The molecule has 1 aliphatic heterocycles. The van der Waals surface area contributed by atoms with Crippen LogP contribution in [0.4, 0.5) is 5.69 Å². The van der Waals surface area contributed by atoms with E-state index >= 15 is 0 Å². The molecule has 0 saturated carbocycles. The van der Waals surface area contributed by atoms with Gasteiger partial charge in [-0.2, -0.15) is 0 Å². The lowest BCUT2D eigenvalue weighted by atomic mass is 10.1. The van der Waals surface area contributed by atoms with Crippen LogP contribution in [0, 0.1) is 0 Å². The highest BCUT2D eigenvalue weighted by Gasteiger charge is 2.19. The summed E-state index contributed by atoms with van der Waals surface area (Å²) in [6.45, 7) is -0.981. The topological polar surface area (TPSA) is 117 Å². The predicted octanol–water partition coefficient (Wildman–Crippen LogP) is 3.69. The first-order chi connectivity index (χ1) is 16.9. The molecular formula is C24H25NO8S2. The van der Waals surface area contributed by atoms with E-state index in [1.807, 2.05) is 35.7 Å². The first-order valence-corrected chi connectivity index (χ1v) is 12.7. The molecule has 0 spiro atoms. The number of hydrogen-bond donors (Lipinski definition) is 1. The standard InChI is InChI=1S/C24H25NO8S2/c1-30-22(28)16-6-9-18(23(29)31-2)19(12-16)25-20(26)13-33-21(27)14-32-17-7-4-15(5-8-17)24-34-10-3-11-35-24/h4-9,12,24H,3,10-11,13-14H2,1-2H3,(H,25,26). The summed E-state index contributed by atoms with van der Waals surface area (Å²) in [6, 6.07) is 11.5. The monoisotopic (exact) mass is 519 g/mol. The summed E-state index contributed by atoms with van der Waals surface area (Å²) in [5.74, 6) is 0.00454. The number of thioether (sulfide) groups is 2. The van der Waals surface area contributed by atoms with Gasteiger partial charge in [0.25, 0.3) is 5.91 Å². The van der Waals surface area contributed by atoms with Crippen LogP contribution in [0.5, 0.6) is 5.75 Å². The number of nitrogens with one attached hydrogen (secondary N) is 1. The van der Waals surface area contributed by atoms with Crippen molar-refractivity contribution in [2.45, 2.75) is 11.0 Å². The number of benzene rings is 2. The zero-order chi connectivity index (χ0) is 25.2. The number of carbonyl (C=O) groups is 4.